The van der Waals surface area contributed by atoms with Crippen LogP contribution in [0, 0.1) is 0 Å². The van der Waals surface area contributed by atoms with E-state index in [1.165, 1.54) is 12.7 Å². The van der Waals surface area contributed by atoms with Gasteiger partial charge in [-0.1, -0.05) is 6.07 Å². The van der Waals surface area contributed by atoms with Crippen molar-refractivity contribution < 1.29 is 9.53 Å². The Morgan fingerprint density at radius 3 is 2.89 bits per heavy atom. The zero-order valence-corrected chi connectivity index (χ0v) is 11.7. The standard InChI is InChI=1S/C15H20N2O2/c1-11(2)17-10-16-13-9-12(7-8-14(13)17)5-4-6-15(18)19-3/h7-11H,4-6H2,1-3H3. The minimum atomic E-state index is -0.148. The quantitative estimate of drug-likeness (QED) is 0.776. The summed E-state index contributed by atoms with van der Waals surface area (Å²) in [6.45, 7) is 4.29. The van der Waals surface area contributed by atoms with Crippen molar-refractivity contribution in [1.29, 1.82) is 0 Å². The molecule has 4 nitrogen and oxygen atoms in total. The second-order valence-corrected chi connectivity index (χ2v) is 5.00. The Balaban J connectivity index is 2.08. The summed E-state index contributed by atoms with van der Waals surface area (Å²) in [7, 11) is 1.42. The molecule has 4 heteroatoms. The van der Waals surface area contributed by atoms with Gasteiger partial charge in [0, 0.05) is 12.5 Å². The second kappa shape index (κ2) is 5.87. The number of esters is 1. The third-order valence-corrected chi connectivity index (χ3v) is 3.27. The van der Waals surface area contributed by atoms with Crippen molar-refractivity contribution in [2.24, 2.45) is 0 Å². The molecule has 0 radical (unpaired) electrons. The molecule has 2 aromatic rings. The number of methoxy groups -OCH3 is 1. The van der Waals surface area contributed by atoms with Gasteiger partial charge < -0.3 is 9.30 Å². The molecule has 102 valence electrons. The molecule has 2 rings (SSSR count). The SMILES string of the molecule is COC(=O)CCCc1ccc2c(c1)ncn2C(C)C. The smallest absolute Gasteiger partial charge is 0.305 e. The summed E-state index contributed by atoms with van der Waals surface area (Å²) in [5.41, 5.74) is 3.39. The second-order valence-electron chi connectivity index (χ2n) is 5.00. The summed E-state index contributed by atoms with van der Waals surface area (Å²) in [4.78, 5) is 15.5. The Labute approximate surface area is 113 Å². The number of carbonyl (C=O) groups is 1. The molecule has 1 aromatic carbocycles. The lowest BCUT2D eigenvalue weighted by Crippen LogP contribution is -2.00. The van der Waals surface area contributed by atoms with E-state index in [4.69, 9.17) is 0 Å². The van der Waals surface area contributed by atoms with Crippen molar-refractivity contribution in [3.63, 3.8) is 0 Å². The monoisotopic (exact) mass is 260 g/mol. The van der Waals surface area contributed by atoms with Crippen LogP contribution in [0.25, 0.3) is 11.0 Å². The molecule has 1 aromatic heterocycles. The van der Waals surface area contributed by atoms with Crippen molar-refractivity contribution >= 4 is 17.0 Å². The Hall–Kier alpha value is -1.84. The molecule has 1 heterocycles. The van der Waals surface area contributed by atoms with E-state index in [0.29, 0.717) is 12.5 Å². The highest BCUT2D eigenvalue weighted by atomic mass is 16.5. The van der Waals surface area contributed by atoms with Gasteiger partial charge in [-0.25, -0.2) is 4.98 Å². The van der Waals surface area contributed by atoms with E-state index in [1.807, 2.05) is 6.33 Å². The summed E-state index contributed by atoms with van der Waals surface area (Å²) in [5.74, 6) is -0.148. The summed E-state index contributed by atoms with van der Waals surface area (Å²) in [6.07, 6.45) is 4.03. The normalized spacial score (nSPS) is 11.2. The lowest BCUT2D eigenvalue weighted by molar-refractivity contribution is -0.140. The first kappa shape index (κ1) is 13.6. The fourth-order valence-corrected chi connectivity index (χ4v) is 2.18. The number of aryl methyl sites for hydroxylation is 1. The first-order chi connectivity index (χ1) is 9.11. The van der Waals surface area contributed by atoms with E-state index in [2.05, 4.69) is 46.3 Å². The number of hydrogen-bond donors (Lipinski definition) is 0. The molecule has 0 aliphatic carbocycles. The fourth-order valence-electron chi connectivity index (χ4n) is 2.18. The van der Waals surface area contributed by atoms with Crippen molar-refractivity contribution in [3.8, 4) is 0 Å². The van der Waals surface area contributed by atoms with Gasteiger partial charge in [-0.3, -0.25) is 4.79 Å². The maximum atomic E-state index is 11.1. The van der Waals surface area contributed by atoms with Gasteiger partial charge in [-0.2, -0.15) is 0 Å². The van der Waals surface area contributed by atoms with Crippen molar-refractivity contribution in [3.05, 3.63) is 30.1 Å². The topological polar surface area (TPSA) is 44.1 Å². The number of fused-ring (bicyclic) bond motifs is 1. The maximum Gasteiger partial charge on any atom is 0.305 e. The third kappa shape index (κ3) is 3.13. The van der Waals surface area contributed by atoms with E-state index < -0.39 is 0 Å². The van der Waals surface area contributed by atoms with Gasteiger partial charge in [0.05, 0.1) is 24.5 Å². The number of rotatable bonds is 5. The molecule has 19 heavy (non-hydrogen) atoms. The predicted octanol–water partition coefficient (Wildman–Crippen LogP) is 3.11. The van der Waals surface area contributed by atoms with Gasteiger partial charge in [0.2, 0.25) is 0 Å². The minimum absolute atomic E-state index is 0.148. The largest absolute Gasteiger partial charge is 0.469 e. The van der Waals surface area contributed by atoms with Crippen LogP contribution in [0.4, 0.5) is 0 Å². The molecule has 0 saturated heterocycles. The Bertz CT molecular complexity index is 573. The first-order valence-electron chi connectivity index (χ1n) is 6.64. The highest BCUT2D eigenvalue weighted by Crippen LogP contribution is 2.19. The van der Waals surface area contributed by atoms with E-state index in [9.17, 15) is 4.79 Å². The number of ether oxygens (including phenoxy) is 1. The first-order valence-corrected chi connectivity index (χ1v) is 6.64. The van der Waals surface area contributed by atoms with E-state index >= 15 is 0 Å². The zero-order chi connectivity index (χ0) is 13.8. The van der Waals surface area contributed by atoms with Crippen LogP contribution in [0.5, 0.6) is 0 Å². The highest BCUT2D eigenvalue weighted by molar-refractivity contribution is 5.76. The maximum absolute atomic E-state index is 11.1. The van der Waals surface area contributed by atoms with Crippen LogP contribution in [0.2, 0.25) is 0 Å². The number of carbonyl (C=O) groups excluding carboxylic acids is 1. The van der Waals surface area contributed by atoms with Crippen LogP contribution in [-0.2, 0) is 16.0 Å². The van der Waals surface area contributed by atoms with Gasteiger partial charge >= 0.3 is 5.97 Å². The fraction of sp³-hybridized carbons (Fsp3) is 0.467. The molecule has 0 aliphatic rings. The number of aromatic nitrogens is 2. The Morgan fingerprint density at radius 1 is 1.42 bits per heavy atom. The average Bonchev–Trinajstić information content (AvgIpc) is 2.81. The number of benzene rings is 1. The summed E-state index contributed by atoms with van der Waals surface area (Å²) < 4.78 is 6.79. The van der Waals surface area contributed by atoms with E-state index in [-0.39, 0.29) is 5.97 Å². The molecule has 0 amide bonds. The van der Waals surface area contributed by atoms with Crippen LogP contribution < -0.4 is 0 Å². The van der Waals surface area contributed by atoms with Crippen molar-refractivity contribution in [1.82, 2.24) is 9.55 Å². The van der Waals surface area contributed by atoms with Crippen LogP contribution in [0.1, 0.15) is 38.3 Å². The zero-order valence-electron chi connectivity index (χ0n) is 11.7. The van der Waals surface area contributed by atoms with E-state index in [0.717, 1.165) is 23.9 Å². The lowest BCUT2D eigenvalue weighted by atomic mass is 10.1. The van der Waals surface area contributed by atoms with Crippen LogP contribution in [0.3, 0.4) is 0 Å². The van der Waals surface area contributed by atoms with Gasteiger partial charge in [0.25, 0.3) is 0 Å². The molecular formula is C15H20N2O2. The predicted molar refractivity (Wildman–Crippen MR) is 75.1 cm³/mol. The van der Waals surface area contributed by atoms with Crippen LogP contribution in [-0.4, -0.2) is 22.6 Å². The van der Waals surface area contributed by atoms with Crippen molar-refractivity contribution in [2.75, 3.05) is 7.11 Å². The van der Waals surface area contributed by atoms with Gasteiger partial charge in [-0.05, 0) is 44.4 Å². The summed E-state index contributed by atoms with van der Waals surface area (Å²) in [5, 5.41) is 0. The molecule has 0 aliphatic heterocycles. The molecule has 0 fully saturated rings. The van der Waals surface area contributed by atoms with E-state index in [1.54, 1.807) is 0 Å². The van der Waals surface area contributed by atoms with Crippen LogP contribution in [0.15, 0.2) is 24.5 Å². The minimum Gasteiger partial charge on any atom is -0.469 e. The Morgan fingerprint density at radius 2 is 2.21 bits per heavy atom. The highest BCUT2D eigenvalue weighted by Gasteiger charge is 2.06. The third-order valence-electron chi connectivity index (χ3n) is 3.27. The lowest BCUT2D eigenvalue weighted by Gasteiger charge is -2.08. The molecule has 0 N–H and O–H groups in total. The average molecular weight is 260 g/mol. The summed E-state index contributed by atoms with van der Waals surface area (Å²) in [6, 6.07) is 6.73. The molecule has 0 spiro atoms. The Kier molecular flexibility index (Phi) is 4.20. The molecule has 0 atom stereocenters. The number of nitrogens with zero attached hydrogens (tertiary/aromatic N) is 2. The van der Waals surface area contributed by atoms with Gasteiger partial charge in [0.15, 0.2) is 0 Å². The van der Waals surface area contributed by atoms with Gasteiger partial charge in [-0.15, -0.1) is 0 Å². The summed E-state index contributed by atoms with van der Waals surface area (Å²) >= 11 is 0. The number of imidazole rings is 1. The molecule has 0 bridgehead atoms. The van der Waals surface area contributed by atoms with Gasteiger partial charge in [0.1, 0.15) is 0 Å². The molecular weight excluding hydrogens is 240 g/mol. The number of hydrogen-bond acceptors (Lipinski definition) is 3. The van der Waals surface area contributed by atoms with Crippen LogP contribution >= 0.6 is 0 Å². The molecule has 0 unspecified atom stereocenters. The molecule has 0 saturated carbocycles. The van der Waals surface area contributed by atoms with Crippen molar-refractivity contribution in [2.45, 2.75) is 39.2 Å².